The lowest BCUT2D eigenvalue weighted by molar-refractivity contribution is -0.105. The number of nitroso groups, excluding NO2 is 1. The van der Waals surface area contributed by atoms with Crippen molar-refractivity contribution in [1.29, 1.82) is 0 Å². The zero-order chi connectivity index (χ0) is 8.97. The number of anilines is 1. The summed E-state index contributed by atoms with van der Waals surface area (Å²) < 4.78 is 0. The fraction of sp³-hybridized carbons (Fsp3) is 0. The largest absolute Gasteiger partial charge is 0.508 e. The number of phenols is 1. The third-order valence-electron chi connectivity index (χ3n) is 1.29. The Balaban J connectivity index is 3.11. The Labute approximate surface area is 68.0 Å². The predicted octanol–water partition coefficient (Wildman–Crippen LogP) is 1.36. The summed E-state index contributed by atoms with van der Waals surface area (Å²) in [6.45, 7) is 0. The van der Waals surface area contributed by atoms with Gasteiger partial charge >= 0.3 is 0 Å². The summed E-state index contributed by atoms with van der Waals surface area (Å²) in [7, 11) is 0. The van der Waals surface area contributed by atoms with Crippen molar-refractivity contribution in [1.82, 2.24) is 0 Å². The minimum Gasteiger partial charge on any atom is -0.508 e. The molecular formula is C7H6N2O3. The fourth-order valence-electron chi connectivity index (χ4n) is 0.783. The van der Waals surface area contributed by atoms with E-state index in [-0.39, 0.29) is 17.1 Å². The van der Waals surface area contributed by atoms with Crippen LogP contribution >= 0.6 is 0 Å². The van der Waals surface area contributed by atoms with Gasteiger partial charge < -0.3 is 10.4 Å². The van der Waals surface area contributed by atoms with E-state index in [2.05, 4.69) is 10.5 Å². The summed E-state index contributed by atoms with van der Waals surface area (Å²) in [4.78, 5) is 20.1. The van der Waals surface area contributed by atoms with Crippen molar-refractivity contribution in [2.75, 3.05) is 5.32 Å². The number of aromatic hydroxyl groups is 1. The standard InChI is InChI=1S/C7H6N2O3/c10-4-8-7-3-5(11)1-2-6(7)9-12/h1-4,11H,(H,8,10). The molecule has 1 rings (SSSR count). The van der Waals surface area contributed by atoms with Crippen molar-refractivity contribution in [2.45, 2.75) is 0 Å². The van der Waals surface area contributed by atoms with Crippen molar-refractivity contribution < 1.29 is 9.90 Å². The monoisotopic (exact) mass is 166 g/mol. The predicted molar refractivity (Wildman–Crippen MR) is 43.2 cm³/mol. The number of rotatable bonds is 3. The van der Waals surface area contributed by atoms with Crippen molar-refractivity contribution in [3.63, 3.8) is 0 Å². The average molecular weight is 166 g/mol. The van der Waals surface area contributed by atoms with Gasteiger partial charge in [0.05, 0.1) is 5.69 Å². The van der Waals surface area contributed by atoms with Crippen molar-refractivity contribution >= 4 is 17.8 Å². The Morgan fingerprint density at radius 2 is 2.25 bits per heavy atom. The highest BCUT2D eigenvalue weighted by molar-refractivity contribution is 5.80. The van der Waals surface area contributed by atoms with E-state index in [0.29, 0.717) is 6.41 Å². The molecule has 0 aliphatic rings. The number of phenolic OH excluding ortho intramolecular Hbond substituents is 1. The molecule has 0 spiro atoms. The maximum Gasteiger partial charge on any atom is 0.211 e. The molecule has 0 radical (unpaired) electrons. The maximum absolute atomic E-state index is 10.1. The molecule has 0 fully saturated rings. The number of hydrogen-bond donors (Lipinski definition) is 2. The minimum atomic E-state index is -0.0354. The van der Waals surface area contributed by atoms with E-state index in [1.165, 1.54) is 18.2 Å². The normalized spacial score (nSPS) is 9.00. The molecule has 5 nitrogen and oxygen atoms in total. The Morgan fingerprint density at radius 1 is 1.50 bits per heavy atom. The zero-order valence-electron chi connectivity index (χ0n) is 6.02. The van der Waals surface area contributed by atoms with Crippen LogP contribution in [0.15, 0.2) is 23.4 Å². The highest BCUT2D eigenvalue weighted by Gasteiger charge is 2.01. The van der Waals surface area contributed by atoms with Crippen LogP contribution in [-0.2, 0) is 4.79 Å². The molecule has 0 unspecified atom stereocenters. The second kappa shape index (κ2) is 3.47. The topological polar surface area (TPSA) is 78.8 Å². The summed E-state index contributed by atoms with van der Waals surface area (Å²) in [5.74, 6) is -0.0354. The van der Waals surface area contributed by atoms with Gasteiger partial charge in [-0.15, -0.1) is 4.91 Å². The first kappa shape index (κ1) is 8.19. The van der Waals surface area contributed by atoms with Crippen molar-refractivity contribution in [3.8, 4) is 5.75 Å². The van der Waals surface area contributed by atoms with Gasteiger partial charge in [0, 0.05) is 6.07 Å². The number of nitrogens with zero attached hydrogens (tertiary/aromatic N) is 1. The molecule has 62 valence electrons. The van der Waals surface area contributed by atoms with E-state index >= 15 is 0 Å². The van der Waals surface area contributed by atoms with Crippen LogP contribution in [0.3, 0.4) is 0 Å². The third-order valence-corrected chi connectivity index (χ3v) is 1.29. The average Bonchev–Trinajstić information content (AvgIpc) is 2.05. The van der Waals surface area contributed by atoms with Crippen LogP contribution in [0.5, 0.6) is 5.75 Å². The first-order chi connectivity index (χ1) is 5.77. The molecule has 0 bridgehead atoms. The number of carbonyl (C=O) groups excluding carboxylic acids is 1. The van der Waals surface area contributed by atoms with Crippen molar-refractivity contribution in [3.05, 3.63) is 23.1 Å². The van der Waals surface area contributed by atoms with Crippen LogP contribution in [0, 0.1) is 4.91 Å². The first-order valence-corrected chi connectivity index (χ1v) is 3.14. The van der Waals surface area contributed by atoms with E-state index in [9.17, 15) is 9.70 Å². The summed E-state index contributed by atoms with van der Waals surface area (Å²) in [6.07, 6.45) is 0.406. The Kier molecular flexibility index (Phi) is 2.37. The molecule has 0 saturated heterocycles. The lowest BCUT2D eigenvalue weighted by Gasteiger charge is -2.00. The second-order valence-electron chi connectivity index (χ2n) is 2.05. The van der Waals surface area contributed by atoms with Crippen LogP contribution in [-0.4, -0.2) is 11.5 Å². The van der Waals surface area contributed by atoms with Gasteiger partial charge in [-0.1, -0.05) is 0 Å². The Hall–Kier alpha value is -1.91. The zero-order valence-corrected chi connectivity index (χ0v) is 6.02. The first-order valence-electron chi connectivity index (χ1n) is 3.14. The van der Waals surface area contributed by atoms with Gasteiger partial charge in [-0.25, -0.2) is 0 Å². The smallest absolute Gasteiger partial charge is 0.211 e. The lowest BCUT2D eigenvalue weighted by atomic mass is 10.2. The molecular weight excluding hydrogens is 160 g/mol. The molecule has 0 aromatic heterocycles. The van der Waals surface area contributed by atoms with E-state index in [1.54, 1.807) is 0 Å². The number of amides is 1. The van der Waals surface area contributed by atoms with Crippen LogP contribution in [0.2, 0.25) is 0 Å². The van der Waals surface area contributed by atoms with Gasteiger partial charge in [0.2, 0.25) is 6.41 Å². The molecule has 1 aromatic rings. The molecule has 0 aliphatic carbocycles. The van der Waals surface area contributed by atoms with Gasteiger partial charge in [-0.05, 0) is 17.3 Å². The SMILES string of the molecule is O=CNc1cc(O)ccc1N=O. The minimum absolute atomic E-state index is 0.0354. The molecule has 0 saturated carbocycles. The van der Waals surface area contributed by atoms with E-state index in [1.807, 2.05) is 0 Å². The second-order valence-corrected chi connectivity index (χ2v) is 2.05. The van der Waals surface area contributed by atoms with Crippen LogP contribution in [0.25, 0.3) is 0 Å². The van der Waals surface area contributed by atoms with Gasteiger partial charge in [-0.3, -0.25) is 4.79 Å². The third kappa shape index (κ3) is 1.57. The van der Waals surface area contributed by atoms with Crippen molar-refractivity contribution in [2.24, 2.45) is 5.18 Å². The Bertz CT molecular complexity index is 312. The number of benzene rings is 1. The number of nitrogens with one attached hydrogen (secondary N) is 1. The van der Waals surface area contributed by atoms with Gasteiger partial charge in [0.25, 0.3) is 0 Å². The molecule has 1 aromatic carbocycles. The van der Waals surface area contributed by atoms with E-state index in [0.717, 1.165) is 0 Å². The van der Waals surface area contributed by atoms with Crippen LogP contribution in [0.4, 0.5) is 11.4 Å². The molecule has 0 aliphatic heterocycles. The fourth-order valence-corrected chi connectivity index (χ4v) is 0.783. The molecule has 2 N–H and O–H groups in total. The van der Waals surface area contributed by atoms with E-state index < -0.39 is 0 Å². The highest BCUT2D eigenvalue weighted by Crippen LogP contribution is 2.27. The molecule has 0 atom stereocenters. The van der Waals surface area contributed by atoms with Crippen LogP contribution in [0.1, 0.15) is 0 Å². The highest BCUT2D eigenvalue weighted by atomic mass is 16.3. The Morgan fingerprint density at radius 3 is 2.83 bits per heavy atom. The van der Waals surface area contributed by atoms with E-state index in [4.69, 9.17) is 5.11 Å². The maximum atomic E-state index is 10.1. The van der Waals surface area contributed by atoms with Gasteiger partial charge in [0.1, 0.15) is 11.4 Å². The summed E-state index contributed by atoms with van der Waals surface area (Å²) in [5, 5.41) is 13.8. The summed E-state index contributed by atoms with van der Waals surface area (Å²) in [6, 6.07) is 3.87. The number of hydrogen-bond acceptors (Lipinski definition) is 4. The molecule has 5 heteroatoms. The van der Waals surface area contributed by atoms with Crippen LogP contribution < -0.4 is 5.32 Å². The number of carbonyl (C=O) groups is 1. The van der Waals surface area contributed by atoms with Gasteiger partial charge in [0.15, 0.2) is 0 Å². The molecule has 12 heavy (non-hydrogen) atoms. The molecule has 1 amide bonds. The summed E-state index contributed by atoms with van der Waals surface area (Å²) >= 11 is 0. The lowest BCUT2D eigenvalue weighted by Crippen LogP contribution is -1.93. The quantitative estimate of drug-likeness (QED) is 0.525. The van der Waals surface area contributed by atoms with Gasteiger partial charge in [-0.2, -0.15) is 0 Å². The molecule has 0 heterocycles. The summed E-state index contributed by atoms with van der Waals surface area (Å²) in [5.41, 5.74) is 0.278.